The molecule has 3 aromatic rings. The van der Waals surface area contributed by atoms with Crippen molar-refractivity contribution in [2.24, 2.45) is 0 Å². The molecule has 1 aliphatic rings. The van der Waals surface area contributed by atoms with Gasteiger partial charge < -0.3 is 4.74 Å². The highest BCUT2D eigenvalue weighted by molar-refractivity contribution is 7.99. The molecule has 6 nitrogen and oxygen atoms in total. The third kappa shape index (κ3) is 4.60. The molecular formula is C19H13Cl2F3N4O2S. The number of carbonyl (C=O) groups is 1. The molecule has 0 N–H and O–H groups in total. The predicted molar refractivity (Wildman–Crippen MR) is 110 cm³/mol. The van der Waals surface area contributed by atoms with Crippen LogP contribution in [0.25, 0.3) is 0 Å². The van der Waals surface area contributed by atoms with Gasteiger partial charge in [0.25, 0.3) is 5.91 Å². The van der Waals surface area contributed by atoms with Crippen molar-refractivity contribution in [3.8, 4) is 5.75 Å². The number of hydrogen-bond acceptors (Lipinski definition) is 5. The van der Waals surface area contributed by atoms with Crippen LogP contribution in [0.1, 0.15) is 21.7 Å². The Balaban J connectivity index is 1.57. The van der Waals surface area contributed by atoms with Crippen LogP contribution in [-0.2, 0) is 12.8 Å². The second kappa shape index (κ2) is 8.60. The fourth-order valence-corrected chi connectivity index (χ4v) is 4.25. The van der Waals surface area contributed by atoms with Gasteiger partial charge in [0.2, 0.25) is 5.16 Å². The lowest BCUT2D eigenvalue weighted by Gasteiger charge is -2.29. The highest BCUT2D eigenvalue weighted by atomic mass is 35.5. The topological polar surface area (TPSA) is 60.3 Å². The summed E-state index contributed by atoms with van der Waals surface area (Å²) < 4.78 is 45.6. The number of amides is 1. The van der Waals surface area contributed by atoms with Gasteiger partial charge in [0, 0.05) is 16.3 Å². The van der Waals surface area contributed by atoms with E-state index in [9.17, 15) is 18.0 Å². The van der Waals surface area contributed by atoms with Gasteiger partial charge in [0.1, 0.15) is 12.4 Å². The van der Waals surface area contributed by atoms with Crippen molar-refractivity contribution in [3.63, 3.8) is 0 Å². The largest absolute Gasteiger partial charge is 0.484 e. The molecule has 31 heavy (non-hydrogen) atoms. The number of carbonyl (C=O) groups excluding carboxylic acids is 1. The Morgan fingerprint density at radius 1 is 1.13 bits per heavy atom. The number of ether oxygens (including phenoxy) is 1. The van der Waals surface area contributed by atoms with Gasteiger partial charge in [-0.1, -0.05) is 35.0 Å². The maximum absolute atomic E-state index is 13.0. The third-order valence-electron chi connectivity index (χ3n) is 4.40. The number of aromatic nitrogens is 3. The molecule has 0 aliphatic carbocycles. The van der Waals surface area contributed by atoms with Crippen LogP contribution in [0.3, 0.4) is 0 Å². The number of rotatable bonds is 4. The van der Waals surface area contributed by atoms with Crippen molar-refractivity contribution in [2.75, 3.05) is 17.3 Å². The number of benzene rings is 2. The lowest BCUT2D eigenvalue weighted by Crippen LogP contribution is -2.45. The third-order valence-corrected chi connectivity index (χ3v) is 5.83. The zero-order valence-corrected chi connectivity index (χ0v) is 17.9. The van der Waals surface area contributed by atoms with Crippen LogP contribution in [-0.4, -0.2) is 33.1 Å². The summed E-state index contributed by atoms with van der Waals surface area (Å²) in [5.74, 6) is 0.816. The molecule has 0 atom stereocenters. The number of nitrogens with zero attached hydrogens (tertiary/aromatic N) is 4. The second-order valence-corrected chi connectivity index (χ2v) is 8.33. The van der Waals surface area contributed by atoms with E-state index in [1.54, 1.807) is 12.1 Å². The van der Waals surface area contributed by atoms with Crippen molar-refractivity contribution >= 4 is 40.9 Å². The summed E-state index contributed by atoms with van der Waals surface area (Å²) in [5.41, 5.74) is -0.704. The van der Waals surface area contributed by atoms with Gasteiger partial charge in [-0.15, -0.1) is 10.2 Å². The first-order valence-electron chi connectivity index (χ1n) is 8.88. The number of alkyl halides is 3. The first-order chi connectivity index (χ1) is 14.7. The van der Waals surface area contributed by atoms with E-state index in [0.717, 1.165) is 24.3 Å². The van der Waals surface area contributed by atoms with Crippen LogP contribution in [0, 0.1) is 0 Å². The van der Waals surface area contributed by atoms with E-state index in [-0.39, 0.29) is 12.2 Å². The Bertz CT molecular complexity index is 1120. The average molecular weight is 489 g/mol. The first kappa shape index (κ1) is 21.8. The predicted octanol–water partition coefficient (Wildman–Crippen LogP) is 5.07. The molecule has 0 fully saturated rings. The Kier molecular flexibility index (Phi) is 6.05. The number of thioether (sulfide) groups is 1. The van der Waals surface area contributed by atoms with Gasteiger partial charge in [-0.3, -0.25) is 4.79 Å². The molecule has 1 aromatic heterocycles. The Morgan fingerprint density at radius 3 is 2.55 bits per heavy atom. The van der Waals surface area contributed by atoms with Crippen LogP contribution >= 0.6 is 35.0 Å². The molecule has 2 heterocycles. The molecule has 2 aromatic carbocycles. The van der Waals surface area contributed by atoms with E-state index in [2.05, 4.69) is 10.2 Å². The standard InChI is InChI=1S/C19H13Cl2F3N4O2S/c20-13-5-6-15(14(21)9-13)30-10-16-25-26-18-28(16)27(7-8-31-18)17(29)11-1-3-12(4-2-11)19(22,23)24/h1-6,9H,7-8,10H2. The summed E-state index contributed by atoms with van der Waals surface area (Å²) in [6, 6.07) is 8.84. The van der Waals surface area contributed by atoms with Crippen molar-refractivity contribution in [2.45, 2.75) is 17.9 Å². The fraction of sp³-hybridized carbons (Fsp3) is 0.211. The normalized spacial score (nSPS) is 13.8. The Hall–Kier alpha value is -2.43. The van der Waals surface area contributed by atoms with Crippen LogP contribution in [0.5, 0.6) is 5.75 Å². The van der Waals surface area contributed by atoms with Gasteiger partial charge >= 0.3 is 6.18 Å². The van der Waals surface area contributed by atoms with Crippen LogP contribution in [0.2, 0.25) is 10.0 Å². The molecule has 4 rings (SSSR count). The maximum atomic E-state index is 13.0. The lowest BCUT2D eigenvalue weighted by atomic mass is 10.1. The van der Waals surface area contributed by atoms with E-state index in [0.29, 0.717) is 39.1 Å². The fourth-order valence-electron chi connectivity index (χ4n) is 2.92. The van der Waals surface area contributed by atoms with Crippen LogP contribution < -0.4 is 9.75 Å². The minimum atomic E-state index is -4.47. The Morgan fingerprint density at radius 2 is 1.87 bits per heavy atom. The SMILES string of the molecule is O=C(c1ccc(C(F)(F)F)cc1)N1CCSc2nnc(COc3ccc(Cl)cc3Cl)n21. The minimum absolute atomic E-state index is 0.0360. The van der Waals surface area contributed by atoms with Gasteiger partial charge in [-0.2, -0.15) is 13.2 Å². The highest BCUT2D eigenvalue weighted by Gasteiger charge is 2.32. The summed E-state index contributed by atoms with van der Waals surface area (Å²) in [6.45, 7) is 0.288. The van der Waals surface area contributed by atoms with E-state index in [1.807, 2.05) is 0 Å². The van der Waals surface area contributed by atoms with Gasteiger partial charge in [-0.05, 0) is 42.5 Å². The quantitative estimate of drug-likeness (QED) is 0.513. The van der Waals surface area contributed by atoms with Gasteiger partial charge in [-0.25, -0.2) is 9.69 Å². The van der Waals surface area contributed by atoms with Crippen molar-refractivity contribution in [1.82, 2.24) is 14.9 Å². The van der Waals surface area contributed by atoms with Gasteiger partial charge in [0.15, 0.2) is 5.82 Å². The van der Waals surface area contributed by atoms with E-state index < -0.39 is 17.6 Å². The molecule has 0 bridgehead atoms. The maximum Gasteiger partial charge on any atom is 0.416 e. The van der Waals surface area contributed by atoms with Crippen molar-refractivity contribution in [1.29, 1.82) is 0 Å². The molecule has 1 amide bonds. The zero-order chi connectivity index (χ0) is 22.2. The number of fused-ring (bicyclic) bond motifs is 1. The second-order valence-electron chi connectivity index (χ2n) is 6.43. The van der Waals surface area contributed by atoms with Crippen LogP contribution in [0.4, 0.5) is 13.2 Å². The van der Waals surface area contributed by atoms with Crippen molar-refractivity contribution in [3.05, 3.63) is 69.5 Å². The monoisotopic (exact) mass is 488 g/mol. The molecule has 0 saturated heterocycles. The summed E-state index contributed by atoms with van der Waals surface area (Å²) in [4.78, 5) is 13.0. The van der Waals surface area contributed by atoms with Crippen LogP contribution in [0.15, 0.2) is 47.6 Å². The first-order valence-corrected chi connectivity index (χ1v) is 10.6. The van der Waals surface area contributed by atoms with Crippen molar-refractivity contribution < 1.29 is 22.7 Å². The minimum Gasteiger partial charge on any atom is -0.484 e. The molecule has 162 valence electrons. The lowest BCUT2D eigenvalue weighted by molar-refractivity contribution is -0.137. The summed E-state index contributed by atoms with van der Waals surface area (Å²) in [5, 5.41) is 10.8. The molecule has 0 radical (unpaired) electrons. The number of halogens is 5. The van der Waals surface area contributed by atoms with Gasteiger partial charge in [0.05, 0.1) is 17.1 Å². The average Bonchev–Trinajstić information content (AvgIpc) is 3.15. The molecule has 1 aliphatic heterocycles. The van der Waals surface area contributed by atoms with E-state index >= 15 is 0 Å². The zero-order valence-electron chi connectivity index (χ0n) is 15.6. The van der Waals surface area contributed by atoms with E-state index in [1.165, 1.54) is 27.5 Å². The highest BCUT2D eigenvalue weighted by Crippen LogP contribution is 2.31. The molecule has 0 unspecified atom stereocenters. The Labute approximate surface area is 188 Å². The number of hydrogen-bond donors (Lipinski definition) is 0. The molecule has 12 heteroatoms. The molecule has 0 saturated carbocycles. The molecular weight excluding hydrogens is 476 g/mol. The summed E-state index contributed by atoms with van der Waals surface area (Å²) >= 11 is 13.4. The van der Waals surface area contributed by atoms with E-state index in [4.69, 9.17) is 27.9 Å². The summed E-state index contributed by atoms with van der Waals surface area (Å²) in [7, 11) is 0. The molecule has 0 spiro atoms. The summed E-state index contributed by atoms with van der Waals surface area (Å²) in [6.07, 6.45) is -4.47. The smallest absolute Gasteiger partial charge is 0.416 e.